The molecular weight excluding hydrogens is 354 g/mol. The fourth-order valence-corrected chi connectivity index (χ4v) is 3.68. The Morgan fingerprint density at radius 3 is 2.19 bits per heavy atom. The fourth-order valence-electron chi connectivity index (χ4n) is 2.74. The van der Waals surface area contributed by atoms with Gasteiger partial charge in [-0.05, 0) is 24.3 Å². The first kappa shape index (κ1) is 18.0. The third kappa shape index (κ3) is 3.30. The first-order chi connectivity index (χ1) is 12.5. The molecule has 2 aromatic carbocycles. The Kier molecular flexibility index (Phi) is 5.27. The number of amides is 2. The Morgan fingerprint density at radius 1 is 1.00 bits per heavy atom. The van der Waals surface area contributed by atoms with Gasteiger partial charge in [0, 0.05) is 5.75 Å². The summed E-state index contributed by atoms with van der Waals surface area (Å²) in [5, 5.41) is 0. The minimum absolute atomic E-state index is 0.0306. The maximum atomic E-state index is 12.3. The summed E-state index contributed by atoms with van der Waals surface area (Å²) in [5.41, 5.74) is 0.940. The van der Waals surface area contributed by atoms with E-state index in [9.17, 15) is 18.6 Å². The Balaban J connectivity index is 1.65. The number of nitrogens with zero attached hydrogens (tertiary/aromatic N) is 1. The molecule has 1 aliphatic heterocycles. The Bertz CT molecular complexity index is 873. The summed E-state index contributed by atoms with van der Waals surface area (Å²) in [6.07, 6.45) is 0. The van der Waals surface area contributed by atoms with E-state index < -0.39 is 28.6 Å². The average Bonchev–Trinajstić information content (AvgIpc) is 2.92. The van der Waals surface area contributed by atoms with E-state index in [1.807, 2.05) is 0 Å². The zero-order chi connectivity index (χ0) is 18.7. The number of esters is 1. The molecule has 0 aliphatic carbocycles. The molecule has 1 aliphatic rings. The minimum atomic E-state index is -1.29. The highest BCUT2D eigenvalue weighted by atomic mass is 32.2. The highest BCUT2D eigenvalue weighted by molar-refractivity contribution is 7.85. The summed E-state index contributed by atoms with van der Waals surface area (Å²) >= 11 is 0. The number of carbonyl (C=O) groups is 3. The number of hydrogen-bond acceptors (Lipinski definition) is 5. The molecule has 0 fully saturated rings. The van der Waals surface area contributed by atoms with Crippen LogP contribution in [0.3, 0.4) is 0 Å². The van der Waals surface area contributed by atoms with Crippen molar-refractivity contribution in [3.05, 3.63) is 65.2 Å². The molecule has 7 heteroatoms. The van der Waals surface area contributed by atoms with Gasteiger partial charge in [0.15, 0.2) is 0 Å². The van der Waals surface area contributed by atoms with E-state index in [4.69, 9.17) is 4.74 Å². The molecule has 6 nitrogen and oxygen atoms in total. The van der Waals surface area contributed by atoms with Crippen molar-refractivity contribution in [2.75, 3.05) is 18.9 Å². The number of rotatable bonds is 6. The van der Waals surface area contributed by atoms with Crippen LogP contribution < -0.4 is 0 Å². The van der Waals surface area contributed by atoms with Crippen LogP contribution in [-0.2, 0) is 15.5 Å². The molecule has 0 spiro atoms. The van der Waals surface area contributed by atoms with Gasteiger partial charge in [-0.1, -0.05) is 31.2 Å². The SMILES string of the molecule is CC[S@@](=O)c1ccccc1C(=O)OCCN1C(=O)c2ccccc2C1=O. The number of imide groups is 1. The van der Waals surface area contributed by atoms with Gasteiger partial charge in [-0.3, -0.25) is 18.7 Å². The second-order valence-electron chi connectivity index (χ2n) is 5.57. The van der Waals surface area contributed by atoms with Crippen molar-refractivity contribution >= 4 is 28.6 Å². The molecule has 0 saturated carbocycles. The average molecular weight is 371 g/mol. The Labute approximate surface area is 153 Å². The molecule has 0 saturated heterocycles. The molecule has 0 radical (unpaired) electrons. The van der Waals surface area contributed by atoms with E-state index in [0.717, 1.165) is 4.90 Å². The van der Waals surface area contributed by atoms with Gasteiger partial charge >= 0.3 is 5.97 Å². The van der Waals surface area contributed by atoms with Crippen LogP contribution in [0.5, 0.6) is 0 Å². The van der Waals surface area contributed by atoms with Crippen molar-refractivity contribution in [1.82, 2.24) is 4.90 Å². The van der Waals surface area contributed by atoms with Gasteiger partial charge in [0.2, 0.25) is 0 Å². The number of benzene rings is 2. The predicted octanol–water partition coefficient (Wildman–Crippen LogP) is 2.27. The molecule has 2 aromatic rings. The maximum Gasteiger partial charge on any atom is 0.339 e. The van der Waals surface area contributed by atoms with E-state index in [1.54, 1.807) is 55.5 Å². The smallest absolute Gasteiger partial charge is 0.339 e. The number of carbonyl (C=O) groups excluding carboxylic acids is 3. The second kappa shape index (κ2) is 7.61. The molecule has 2 amide bonds. The lowest BCUT2D eigenvalue weighted by Crippen LogP contribution is -2.33. The number of ether oxygens (including phenoxy) is 1. The summed E-state index contributed by atoms with van der Waals surface area (Å²) < 4.78 is 17.2. The van der Waals surface area contributed by atoms with Crippen molar-refractivity contribution in [1.29, 1.82) is 0 Å². The molecule has 3 rings (SSSR count). The van der Waals surface area contributed by atoms with Crippen molar-refractivity contribution in [2.24, 2.45) is 0 Å². The molecule has 1 atom stereocenters. The summed E-state index contributed by atoms with van der Waals surface area (Å²) in [6.45, 7) is 1.61. The Hall–Kier alpha value is -2.80. The summed E-state index contributed by atoms with van der Waals surface area (Å²) in [4.78, 5) is 38.3. The van der Waals surface area contributed by atoms with Gasteiger partial charge in [-0.25, -0.2) is 4.79 Å². The van der Waals surface area contributed by atoms with Gasteiger partial charge in [0.25, 0.3) is 11.8 Å². The standard InChI is InChI=1S/C19H17NO5S/c1-2-26(24)16-10-6-5-9-15(16)19(23)25-12-11-20-17(21)13-7-3-4-8-14(13)18(20)22/h3-10H,2,11-12H2,1H3/t26-/m1/s1. The topological polar surface area (TPSA) is 80.8 Å². The van der Waals surface area contributed by atoms with E-state index in [2.05, 4.69) is 0 Å². The van der Waals surface area contributed by atoms with E-state index >= 15 is 0 Å². The van der Waals surface area contributed by atoms with Gasteiger partial charge in [0.05, 0.1) is 38.9 Å². The van der Waals surface area contributed by atoms with Crippen molar-refractivity contribution < 1.29 is 23.3 Å². The van der Waals surface area contributed by atoms with Crippen molar-refractivity contribution in [3.8, 4) is 0 Å². The van der Waals surface area contributed by atoms with Gasteiger partial charge in [0.1, 0.15) is 6.61 Å². The monoisotopic (exact) mass is 371 g/mol. The quantitative estimate of drug-likeness (QED) is 0.575. The lowest BCUT2D eigenvalue weighted by Gasteiger charge is -2.14. The first-order valence-electron chi connectivity index (χ1n) is 8.14. The second-order valence-corrected chi connectivity index (χ2v) is 7.28. The zero-order valence-electron chi connectivity index (χ0n) is 14.1. The lowest BCUT2D eigenvalue weighted by molar-refractivity contribution is 0.0417. The summed E-state index contributed by atoms with van der Waals surface area (Å²) in [6, 6.07) is 13.1. The third-order valence-electron chi connectivity index (χ3n) is 4.04. The highest BCUT2D eigenvalue weighted by Crippen LogP contribution is 2.22. The first-order valence-corrected chi connectivity index (χ1v) is 9.46. The normalized spacial score (nSPS) is 14.3. The van der Waals surface area contributed by atoms with Crippen LogP contribution in [0.15, 0.2) is 53.4 Å². The Morgan fingerprint density at radius 2 is 1.58 bits per heavy atom. The molecule has 0 N–H and O–H groups in total. The summed E-state index contributed by atoms with van der Waals surface area (Å²) in [7, 11) is -1.29. The maximum absolute atomic E-state index is 12.3. The molecule has 0 unspecified atom stereocenters. The minimum Gasteiger partial charge on any atom is -0.460 e. The van der Waals surface area contributed by atoms with E-state index in [-0.39, 0.29) is 18.7 Å². The molecular formula is C19H17NO5S. The third-order valence-corrected chi connectivity index (χ3v) is 5.41. The molecule has 134 valence electrons. The zero-order valence-corrected chi connectivity index (χ0v) is 15.0. The van der Waals surface area contributed by atoms with Gasteiger partial charge in [-0.2, -0.15) is 0 Å². The van der Waals surface area contributed by atoms with Gasteiger partial charge < -0.3 is 4.74 Å². The van der Waals surface area contributed by atoms with Crippen LogP contribution in [0.2, 0.25) is 0 Å². The molecule has 0 aromatic heterocycles. The number of hydrogen-bond donors (Lipinski definition) is 0. The lowest BCUT2D eigenvalue weighted by atomic mass is 10.1. The fraction of sp³-hybridized carbons (Fsp3) is 0.211. The predicted molar refractivity (Wildman–Crippen MR) is 95.5 cm³/mol. The largest absolute Gasteiger partial charge is 0.460 e. The van der Waals surface area contributed by atoms with Crippen LogP contribution in [0.25, 0.3) is 0 Å². The van der Waals surface area contributed by atoms with Crippen LogP contribution in [-0.4, -0.2) is 45.8 Å². The van der Waals surface area contributed by atoms with Crippen molar-refractivity contribution in [3.63, 3.8) is 0 Å². The van der Waals surface area contributed by atoms with Crippen molar-refractivity contribution in [2.45, 2.75) is 11.8 Å². The molecule has 0 bridgehead atoms. The van der Waals surface area contributed by atoms with E-state index in [1.165, 1.54) is 0 Å². The van der Waals surface area contributed by atoms with Crippen LogP contribution in [0.1, 0.15) is 38.0 Å². The van der Waals surface area contributed by atoms with E-state index in [0.29, 0.717) is 21.8 Å². The number of fused-ring (bicyclic) bond motifs is 1. The van der Waals surface area contributed by atoms with Gasteiger partial charge in [-0.15, -0.1) is 0 Å². The van der Waals surface area contributed by atoms with Crippen LogP contribution in [0.4, 0.5) is 0 Å². The van der Waals surface area contributed by atoms with Crippen LogP contribution in [0, 0.1) is 0 Å². The van der Waals surface area contributed by atoms with Crippen LogP contribution >= 0.6 is 0 Å². The highest BCUT2D eigenvalue weighted by Gasteiger charge is 2.34. The summed E-state index contributed by atoms with van der Waals surface area (Å²) in [5.74, 6) is -1.03. The molecule has 1 heterocycles. The molecule has 26 heavy (non-hydrogen) atoms.